The number of anilines is 2. The van der Waals surface area contributed by atoms with E-state index < -0.39 is 0 Å². The first-order chi connectivity index (χ1) is 9.63. The van der Waals surface area contributed by atoms with Crippen LogP contribution in [-0.2, 0) is 11.2 Å². The number of amides is 1. The summed E-state index contributed by atoms with van der Waals surface area (Å²) in [6.07, 6.45) is 3.29. The molecule has 2 aliphatic rings. The fourth-order valence-electron chi connectivity index (χ4n) is 2.82. The molecule has 0 radical (unpaired) electrons. The van der Waals surface area contributed by atoms with Crippen molar-refractivity contribution in [2.24, 2.45) is 0 Å². The minimum Gasteiger partial charge on any atom is -0.379 e. The molecule has 1 saturated heterocycles. The van der Waals surface area contributed by atoms with Gasteiger partial charge in [0.15, 0.2) is 0 Å². The van der Waals surface area contributed by atoms with Crippen molar-refractivity contribution < 1.29 is 9.18 Å². The fraction of sp³-hybridized carbons (Fsp3) is 0.533. The van der Waals surface area contributed by atoms with Crippen LogP contribution in [0.5, 0.6) is 0 Å². The van der Waals surface area contributed by atoms with Gasteiger partial charge < -0.3 is 10.6 Å². The molecule has 1 fully saturated rings. The predicted molar refractivity (Wildman–Crippen MR) is 81.9 cm³/mol. The number of nitrogens with one attached hydrogen (secondary N) is 2. The average molecular weight is 294 g/mol. The van der Waals surface area contributed by atoms with Crippen LogP contribution in [0.2, 0.25) is 0 Å². The molecule has 3 nitrogen and oxygen atoms in total. The topological polar surface area (TPSA) is 41.1 Å². The lowest BCUT2D eigenvalue weighted by atomic mass is 10.0. The molecule has 1 amide bonds. The van der Waals surface area contributed by atoms with Gasteiger partial charge in [0.1, 0.15) is 5.82 Å². The standard InChI is InChI=1S/C15H19FN2OS/c1-9-12(3-2-6-20-9)17-14-8-13-10(7-11(14)16)4-5-15(19)18-13/h7-9,12,17H,2-6H2,1H3,(H,18,19). The molecule has 0 aromatic heterocycles. The van der Waals surface area contributed by atoms with Gasteiger partial charge in [-0.15, -0.1) is 0 Å². The van der Waals surface area contributed by atoms with Crippen molar-refractivity contribution in [2.45, 2.75) is 43.9 Å². The number of carbonyl (C=O) groups excluding carboxylic acids is 1. The second kappa shape index (κ2) is 5.64. The Morgan fingerprint density at radius 3 is 3.05 bits per heavy atom. The molecule has 2 unspecified atom stereocenters. The zero-order valence-corrected chi connectivity index (χ0v) is 12.4. The summed E-state index contributed by atoms with van der Waals surface area (Å²) in [5.41, 5.74) is 2.14. The van der Waals surface area contributed by atoms with E-state index in [1.54, 1.807) is 12.1 Å². The Labute approximate surface area is 122 Å². The van der Waals surface area contributed by atoms with Crippen molar-refractivity contribution in [3.05, 3.63) is 23.5 Å². The molecule has 108 valence electrons. The molecule has 0 saturated carbocycles. The number of aryl methyl sites for hydroxylation is 1. The van der Waals surface area contributed by atoms with Crippen molar-refractivity contribution >= 4 is 29.0 Å². The van der Waals surface area contributed by atoms with Crippen LogP contribution in [0.3, 0.4) is 0 Å². The summed E-state index contributed by atoms with van der Waals surface area (Å²) in [5.74, 6) is 0.974. The van der Waals surface area contributed by atoms with Crippen LogP contribution in [0.4, 0.5) is 15.8 Å². The number of rotatable bonds is 2. The minimum absolute atomic E-state index is 0.0108. The van der Waals surface area contributed by atoms with E-state index in [4.69, 9.17) is 0 Å². The molecule has 1 aromatic carbocycles. The fourth-order valence-corrected chi connectivity index (χ4v) is 3.96. The molecular formula is C15H19FN2OS. The second-order valence-corrected chi connectivity index (χ2v) is 6.99. The Bertz CT molecular complexity index is 535. The van der Waals surface area contributed by atoms with Crippen LogP contribution in [-0.4, -0.2) is 23.0 Å². The van der Waals surface area contributed by atoms with Crippen LogP contribution < -0.4 is 10.6 Å². The Kier molecular flexibility index (Phi) is 3.87. The van der Waals surface area contributed by atoms with Gasteiger partial charge in [-0.1, -0.05) is 6.92 Å². The molecular weight excluding hydrogens is 275 g/mol. The maximum atomic E-state index is 14.2. The molecule has 2 heterocycles. The Morgan fingerprint density at radius 1 is 1.40 bits per heavy atom. The first kappa shape index (κ1) is 13.7. The lowest BCUT2D eigenvalue weighted by Crippen LogP contribution is -2.33. The summed E-state index contributed by atoms with van der Waals surface area (Å²) in [6.45, 7) is 2.18. The normalized spacial score (nSPS) is 25.8. The Hall–Kier alpha value is -1.23. The summed E-state index contributed by atoms with van der Waals surface area (Å²) in [7, 11) is 0. The molecule has 0 aliphatic carbocycles. The summed E-state index contributed by atoms with van der Waals surface area (Å²) in [6, 6.07) is 3.59. The van der Waals surface area contributed by atoms with Gasteiger partial charge in [-0.3, -0.25) is 4.79 Å². The van der Waals surface area contributed by atoms with Gasteiger partial charge in [0, 0.05) is 23.4 Å². The summed E-state index contributed by atoms with van der Waals surface area (Å²) in [4.78, 5) is 11.4. The number of halogens is 1. The highest BCUT2D eigenvalue weighted by Gasteiger charge is 2.24. The third-order valence-corrected chi connectivity index (χ3v) is 5.41. The zero-order valence-electron chi connectivity index (χ0n) is 11.5. The van der Waals surface area contributed by atoms with E-state index in [0.717, 1.165) is 24.1 Å². The van der Waals surface area contributed by atoms with Gasteiger partial charge in [0.2, 0.25) is 5.91 Å². The smallest absolute Gasteiger partial charge is 0.224 e. The van der Waals surface area contributed by atoms with Crippen molar-refractivity contribution in [1.82, 2.24) is 0 Å². The van der Waals surface area contributed by atoms with E-state index in [-0.39, 0.29) is 11.7 Å². The first-order valence-corrected chi connectivity index (χ1v) is 8.19. The van der Waals surface area contributed by atoms with Crippen molar-refractivity contribution in [1.29, 1.82) is 0 Å². The van der Waals surface area contributed by atoms with Crippen LogP contribution in [0, 0.1) is 5.82 Å². The third kappa shape index (κ3) is 2.77. The predicted octanol–water partition coefficient (Wildman–Crippen LogP) is 3.41. The van der Waals surface area contributed by atoms with Gasteiger partial charge in [0.25, 0.3) is 0 Å². The van der Waals surface area contributed by atoms with Crippen LogP contribution in [0.1, 0.15) is 31.7 Å². The highest BCUT2D eigenvalue weighted by molar-refractivity contribution is 8.00. The first-order valence-electron chi connectivity index (χ1n) is 7.14. The molecule has 2 atom stereocenters. The zero-order chi connectivity index (χ0) is 14.1. The number of thioether (sulfide) groups is 1. The molecule has 0 bridgehead atoms. The van der Waals surface area contributed by atoms with Crippen LogP contribution >= 0.6 is 11.8 Å². The van der Waals surface area contributed by atoms with E-state index in [1.165, 1.54) is 5.75 Å². The minimum atomic E-state index is -0.220. The maximum Gasteiger partial charge on any atom is 0.224 e. The lowest BCUT2D eigenvalue weighted by molar-refractivity contribution is -0.116. The molecule has 1 aromatic rings. The highest BCUT2D eigenvalue weighted by Crippen LogP contribution is 2.32. The SMILES string of the molecule is CC1SCCCC1Nc1cc2c(cc1F)CCC(=O)N2. The summed E-state index contributed by atoms with van der Waals surface area (Å²) >= 11 is 1.93. The van der Waals surface area contributed by atoms with E-state index in [9.17, 15) is 9.18 Å². The summed E-state index contributed by atoms with van der Waals surface area (Å²) in [5, 5.41) is 6.62. The number of fused-ring (bicyclic) bond motifs is 1. The number of carbonyl (C=O) groups is 1. The highest BCUT2D eigenvalue weighted by atomic mass is 32.2. The van der Waals surface area contributed by atoms with E-state index in [1.807, 2.05) is 11.8 Å². The van der Waals surface area contributed by atoms with Gasteiger partial charge in [-0.05, 0) is 42.7 Å². The van der Waals surface area contributed by atoms with Crippen LogP contribution in [0.15, 0.2) is 12.1 Å². The Balaban J connectivity index is 1.82. The summed E-state index contributed by atoms with van der Waals surface area (Å²) < 4.78 is 14.2. The van der Waals surface area contributed by atoms with Gasteiger partial charge in [0.05, 0.1) is 5.69 Å². The van der Waals surface area contributed by atoms with Crippen molar-refractivity contribution in [3.8, 4) is 0 Å². The quantitative estimate of drug-likeness (QED) is 0.878. The average Bonchev–Trinajstić information content (AvgIpc) is 2.42. The third-order valence-electron chi connectivity index (χ3n) is 4.04. The number of hydrogen-bond acceptors (Lipinski definition) is 3. The van der Waals surface area contributed by atoms with E-state index in [2.05, 4.69) is 17.6 Å². The Morgan fingerprint density at radius 2 is 2.25 bits per heavy atom. The molecule has 2 N–H and O–H groups in total. The largest absolute Gasteiger partial charge is 0.379 e. The van der Waals surface area contributed by atoms with Gasteiger partial charge in [-0.25, -0.2) is 4.39 Å². The van der Waals surface area contributed by atoms with Crippen LogP contribution in [0.25, 0.3) is 0 Å². The molecule has 0 spiro atoms. The molecule has 3 rings (SSSR count). The van der Waals surface area contributed by atoms with Gasteiger partial charge in [-0.2, -0.15) is 11.8 Å². The van der Waals surface area contributed by atoms with E-state index in [0.29, 0.717) is 29.8 Å². The van der Waals surface area contributed by atoms with Gasteiger partial charge >= 0.3 is 0 Å². The molecule has 5 heteroatoms. The molecule has 2 aliphatic heterocycles. The number of hydrogen-bond donors (Lipinski definition) is 2. The van der Waals surface area contributed by atoms with Crippen molar-refractivity contribution in [2.75, 3.05) is 16.4 Å². The van der Waals surface area contributed by atoms with E-state index >= 15 is 0 Å². The van der Waals surface area contributed by atoms with Crippen molar-refractivity contribution in [3.63, 3.8) is 0 Å². The number of benzene rings is 1. The second-order valence-electron chi connectivity index (χ2n) is 5.51. The monoisotopic (exact) mass is 294 g/mol. The maximum absolute atomic E-state index is 14.2. The lowest BCUT2D eigenvalue weighted by Gasteiger charge is -2.30. The molecule has 20 heavy (non-hydrogen) atoms.